The molecule has 0 fully saturated rings. The lowest BCUT2D eigenvalue weighted by Gasteiger charge is -2.21. The van der Waals surface area contributed by atoms with E-state index in [0.717, 1.165) is 120 Å². The number of aliphatic hydroxyl groups is 1. The molecular formula is C68H132O17P2. The Bertz CT molecular complexity index is 1730. The Hall–Kier alpha value is -1.94. The van der Waals surface area contributed by atoms with Crippen molar-refractivity contribution < 1.29 is 80.2 Å². The molecule has 19 heteroatoms. The Balaban J connectivity index is 5.26. The Morgan fingerprint density at radius 1 is 0.322 bits per heavy atom. The first-order valence-electron chi connectivity index (χ1n) is 35.2. The van der Waals surface area contributed by atoms with Crippen molar-refractivity contribution in [3.05, 3.63) is 0 Å². The SMILES string of the molecule is CCC(C)CCCCCCCCC(=O)OC[C@H](COP(=O)(O)OCC(O)COP(=O)(O)OC[C@@H](COC(=O)CCCCCCCCCC(C)C)OC(=O)CCCCCCCCCCCCC(C)C)OC(=O)CCCCCCCCCCCCCC(C)C. The Morgan fingerprint density at radius 3 is 0.816 bits per heavy atom. The molecule has 0 aliphatic carbocycles. The summed E-state index contributed by atoms with van der Waals surface area (Å²) in [7, 11) is -9.90. The summed E-state index contributed by atoms with van der Waals surface area (Å²) in [6.07, 6.45) is 39.0. The van der Waals surface area contributed by atoms with Crippen LogP contribution >= 0.6 is 15.6 Å². The van der Waals surface area contributed by atoms with Gasteiger partial charge in [-0.05, 0) is 49.4 Å². The van der Waals surface area contributed by atoms with Gasteiger partial charge in [0.15, 0.2) is 12.2 Å². The maximum atomic E-state index is 13.0. The second-order valence-electron chi connectivity index (χ2n) is 26.2. The van der Waals surface area contributed by atoms with Crippen LogP contribution in [0.1, 0.15) is 331 Å². The summed E-state index contributed by atoms with van der Waals surface area (Å²) in [6.45, 7) is 14.0. The molecule has 0 aliphatic heterocycles. The van der Waals surface area contributed by atoms with Gasteiger partial charge in [0.2, 0.25) is 0 Å². The van der Waals surface area contributed by atoms with Crippen LogP contribution < -0.4 is 0 Å². The van der Waals surface area contributed by atoms with E-state index in [9.17, 15) is 43.2 Å². The van der Waals surface area contributed by atoms with Gasteiger partial charge in [-0.2, -0.15) is 0 Å². The predicted octanol–water partition coefficient (Wildman–Crippen LogP) is 18.9. The number of esters is 4. The number of unbranched alkanes of at least 4 members (excludes halogenated alkanes) is 30. The lowest BCUT2D eigenvalue weighted by atomic mass is 10.00. The van der Waals surface area contributed by atoms with E-state index in [1.807, 2.05) is 0 Å². The van der Waals surface area contributed by atoms with E-state index in [2.05, 4.69) is 55.4 Å². The Morgan fingerprint density at radius 2 is 0.552 bits per heavy atom. The van der Waals surface area contributed by atoms with Gasteiger partial charge in [-0.25, -0.2) is 9.13 Å². The zero-order valence-corrected chi connectivity index (χ0v) is 58.4. The molecular weight excluding hydrogens is 1150 g/mol. The molecule has 0 aliphatic rings. The number of carbonyl (C=O) groups is 4. The van der Waals surface area contributed by atoms with Crippen molar-refractivity contribution in [1.82, 2.24) is 0 Å². The van der Waals surface area contributed by atoms with Crippen LogP contribution in [-0.2, 0) is 65.4 Å². The van der Waals surface area contributed by atoms with Crippen molar-refractivity contribution in [2.24, 2.45) is 23.7 Å². The zero-order valence-electron chi connectivity index (χ0n) is 56.6. The van der Waals surface area contributed by atoms with Crippen LogP contribution in [0.25, 0.3) is 0 Å². The van der Waals surface area contributed by atoms with Crippen molar-refractivity contribution in [3.63, 3.8) is 0 Å². The molecule has 6 atom stereocenters. The monoisotopic (exact) mass is 1280 g/mol. The van der Waals surface area contributed by atoms with E-state index >= 15 is 0 Å². The molecule has 4 unspecified atom stereocenters. The summed E-state index contributed by atoms with van der Waals surface area (Å²) in [5, 5.41) is 10.6. The van der Waals surface area contributed by atoms with Gasteiger partial charge in [0, 0.05) is 25.7 Å². The molecule has 17 nitrogen and oxygen atoms in total. The fraction of sp³-hybridized carbons (Fsp3) is 0.941. The first-order chi connectivity index (χ1) is 41.6. The summed E-state index contributed by atoms with van der Waals surface area (Å²) >= 11 is 0. The molecule has 0 saturated carbocycles. The maximum absolute atomic E-state index is 13.0. The minimum atomic E-state index is -4.95. The molecule has 3 N–H and O–H groups in total. The smallest absolute Gasteiger partial charge is 0.462 e. The van der Waals surface area contributed by atoms with Gasteiger partial charge in [-0.1, -0.05) is 280 Å². The molecule has 0 heterocycles. The van der Waals surface area contributed by atoms with E-state index in [-0.39, 0.29) is 25.7 Å². The number of hydrogen-bond acceptors (Lipinski definition) is 15. The molecule has 0 aromatic carbocycles. The fourth-order valence-corrected chi connectivity index (χ4v) is 11.7. The normalized spacial score (nSPS) is 14.6. The largest absolute Gasteiger partial charge is 0.472 e. The fourth-order valence-electron chi connectivity index (χ4n) is 10.1. The summed E-state index contributed by atoms with van der Waals surface area (Å²) in [4.78, 5) is 72.4. The van der Waals surface area contributed by atoms with Crippen LogP contribution in [0.4, 0.5) is 0 Å². The van der Waals surface area contributed by atoms with Gasteiger partial charge in [0.1, 0.15) is 19.3 Å². The molecule has 0 amide bonds. The second-order valence-corrected chi connectivity index (χ2v) is 29.1. The lowest BCUT2D eigenvalue weighted by molar-refractivity contribution is -0.161. The number of ether oxygens (including phenoxy) is 4. The highest BCUT2D eigenvalue weighted by Gasteiger charge is 2.30. The van der Waals surface area contributed by atoms with E-state index < -0.39 is 97.5 Å². The highest BCUT2D eigenvalue weighted by atomic mass is 31.2. The van der Waals surface area contributed by atoms with Gasteiger partial charge >= 0.3 is 39.5 Å². The van der Waals surface area contributed by atoms with Gasteiger partial charge in [-0.3, -0.25) is 37.3 Å². The molecule has 87 heavy (non-hydrogen) atoms. The number of phosphoric acid groups is 2. The van der Waals surface area contributed by atoms with E-state index in [0.29, 0.717) is 31.6 Å². The topological polar surface area (TPSA) is 237 Å². The molecule has 0 radical (unpaired) electrons. The number of rotatable bonds is 65. The predicted molar refractivity (Wildman–Crippen MR) is 349 cm³/mol. The van der Waals surface area contributed by atoms with Crippen molar-refractivity contribution >= 4 is 39.5 Å². The second kappa shape index (κ2) is 57.9. The van der Waals surface area contributed by atoms with E-state index in [4.69, 9.17) is 37.0 Å². The summed E-state index contributed by atoms with van der Waals surface area (Å²) in [5.74, 6) is 0.819. The first-order valence-corrected chi connectivity index (χ1v) is 38.2. The minimum absolute atomic E-state index is 0.104. The zero-order chi connectivity index (χ0) is 64.7. The third-order valence-electron chi connectivity index (χ3n) is 15.9. The quantitative estimate of drug-likeness (QED) is 0.0222. The van der Waals surface area contributed by atoms with Gasteiger partial charge in [0.05, 0.1) is 26.4 Å². The Labute approximate surface area is 530 Å². The van der Waals surface area contributed by atoms with Crippen LogP contribution in [0.2, 0.25) is 0 Å². The number of carbonyl (C=O) groups excluding carboxylic acids is 4. The maximum Gasteiger partial charge on any atom is 0.472 e. The van der Waals surface area contributed by atoms with Crippen LogP contribution in [0.5, 0.6) is 0 Å². The standard InChI is InChI=1S/C68H132O17P2/c1-9-61(8)47-39-31-26-27-33-41-49-66(71)79-55-64(85-67(72)50-42-34-23-17-12-10-11-15-20-28-36-44-58(2)3)57-83-87(76,77)81-53-62(69)52-80-86(74,75)82-56-63(54-78-65(70)48-40-32-25-19-22-30-38-46-60(6)7)84-68(73)51-43-35-24-18-14-13-16-21-29-37-45-59(4)5/h58-64,69H,9-57H2,1-8H3,(H,74,75)(H,76,77)/t61?,62?,63-,64-/m1/s1. The number of hydrogen-bond donors (Lipinski definition) is 3. The number of phosphoric ester groups is 2. The third kappa shape index (κ3) is 61.3. The molecule has 0 aromatic heterocycles. The molecule has 0 bridgehead atoms. The van der Waals surface area contributed by atoms with Gasteiger partial charge < -0.3 is 33.8 Å². The molecule has 0 spiro atoms. The third-order valence-corrected chi connectivity index (χ3v) is 17.8. The van der Waals surface area contributed by atoms with Crippen molar-refractivity contribution in [3.8, 4) is 0 Å². The van der Waals surface area contributed by atoms with Crippen LogP contribution in [0, 0.1) is 23.7 Å². The summed E-state index contributed by atoms with van der Waals surface area (Å²) < 4.78 is 68.2. The van der Waals surface area contributed by atoms with Crippen LogP contribution in [0.3, 0.4) is 0 Å². The lowest BCUT2D eigenvalue weighted by Crippen LogP contribution is -2.30. The molecule has 0 saturated heterocycles. The van der Waals surface area contributed by atoms with Crippen LogP contribution in [0.15, 0.2) is 0 Å². The van der Waals surface area contributed by atoms with E-state index in [1.165, 1.54) is 122 Å². The highest BCUT2D eigenvalue weighted by molar-refractivity contribution is 7.47. The van der Waals surface area contributed by atoms with Gasteiger partial charge in [-0.15, -0.1) is 0 Å². The summed E-state index contributed by atoms with van der Waals surface area (Å²) in [6, 6.07) is 0. The van der Waals surface area contributed by atoms with Gasteiger partial charge in [0.25, 0.3) is 0 Å². The molecule has 0 aromatic rings. The minimum Gasteiger partial charge on any atom is -0.462 e. The summed E-state index contributed by atoms with van der Waals surface area (Å²) in [5.41, 5.74) is 0. The molecule has 516 valence electrons. The van der Waals surface area contributed by atoms with E-state index in [1.54, 1.807) is 0 Å². The Kier molecular flexibility index (Phi) is 56.6. The van der Waals surface area contributed by atoms with Crippen molar-refractivity contribution in [2.75, 3.05) is 39.6 Å². The number of aliphatic hydroxyl groups excluding tert-OH is 1. The molecule has 0 rings (SSSR count). The van der Waals surface area contributed by atoms with Crippen molar-refractivity contribution in [2.45, 2.75) is 350 Å². The average Bonchev–Trinajstić information content (AvgIpc) is 3.49. The first kappa shape index (κ1) is 85.1. The van der Waals surface area contributed by atoms with Crippen molar-refractivity contribution in [1.29, 1.82) is 0 Å². The van der Waals surface area contributed by atoms with Crippen LogP contribution in [-0.4, -0.2) is 96.7 Å². The highest BCUT2D eigenvalue weighted by Crippen LogP contribution is 2.45. The average molecular weight is 1280 g/mol.